The van der Waals surface area contributed by atoms with Gasteiger partial charge in [-0.15, -0.1) is 0 Å². The van der Waals surface area contributed by atoms with Crippen LogP contribution < -0.4 is 19.5 Å². The van der Waals surface area contributed by atoms with Crippen LogP contribution in [0.5, 0.6) is 11.5 Å². The van der Waals surface area contributed by atoms with Crippen LogP contribution in [0.15, 0.2) is 65.6 Å². The van der Waals surface area contributed by atoms with Gasteiger partial charge in [-0.3, -0.25) is 9.52 Å². The number of anilines is 2. The Balaban J connectivity index is 1.77. The van der Waals surface area contributed by atoms with Crippen LogP contribution in [-0.4, -0.2) is 41.1 Å². The van der Waals surface area contributed by atoms with Gasteiger partial charge in [0.1, 0.15) is 11.5 Å². The molecule has 0 aromatic heterocycles. The number of carbonyl (C=O) groups is 2. The summed E-state index contributed by atoms with van der Waals surface area (Å²) in [6.07, 6.45) is 0. The molecule has 0 fully saturated rings. The normalized spacial score (nSPS) is 10.9. The van der Waals surface area contributed by atoms with E-state index in [1.165, 1.54) is 26.4 Å². The van der Waals surface area contributed by atoms with E-state index in [1.54, 1.807) is 62.4 Å². The van der Waals surface area contributed by atoms with Gasteiger partial charge in [-0.05, 0) is 79.6 Å². The van der Waals surface area contributed by atoms with Gasteiger partial charge >= 0.3 is 5.97 Å². The van der Waals surface area contributed by atoms with Gasteiger partial charge in [0.15, 0.2) is 6.61 Å². The van der Waals surface area contributed by atoms with Gasteiger partial charge in [0, 0.05) is 16.9 Å². The molecule has 3 rings (SSSR count). The molecule has 0 saturated carbocycles. The van der Waals surface area contributed by atoms with Crippen LogP contribution in [0.25, 0.3) is 0 Å². The Hall–Kier alpha value is -4.05. The molecule has 3 aromatic carbocycles. The van der Waals surface area contributed by atoms with E-state index in [4.69, 9.17) is 9.47 Å². The van der Waals surface area contributed by atoms with E-state index in [1.807, 2.05) is 0 Å². The molecule has 9 nitrogen and oxygen atoms in total. The molecule has 3 aromatic rings. The Morgan fingerprint density at radius 1 is 0.857 bits per heavy atom. The number of rotatable bonds is 9. The van der Waals surface area contributed by atoms with E-state index in [-0.39, 0.29) is 17.1 Å². The average Bonchev–Trinajstić information content (AvgIpc) is 2.84. The van der Waals surface area contributed by atoms with E-state index < -0.39 is 21.9 Å². The van der Waals surface area contributed by atoms with Gasteiger partial charge in [0.2, 0.25) is 0 Å². The number of amides is 1. The highest BCUT2D eigenvalue weighted by Crippen LogP contribution is 2.24. The maximum atomic E-state index is 13.0. The molecule has 184 valence electrons. The van der Waals surface area contributed by atoms with Crippen molar-refractivity contribution in [2.45, 2.75) is 18.7 Å². The smallest absolute Gasteiger partial charge is 0.343 e. The van der Waals surface area contributed by atoms with Crippen molar-refractivity contribution in [2.24, 2.45) is 0 Å². The van der Waals surface area contributed by atoms with Gasteiger partial charge < -0.3 is 19.5 Å². The summed E-state index contributed by atoms with van der Waals surface area (Å²) in [4.78, 5) is 24.2. The lowest BCUT2D eigenvalue weighted by molar-refractivity contribution is -0.142. The Bertz CT molecular complexity index is 1340. The quantitative estimate of drug-likeness (QED) is 0.429. The number of hydrogen-bond acceptors (Lipinski definition) is 7. The fourth-order valence-corrected chi connectivity index (χ4v) is 4.23. The second kappa shape index (κ2) is 10.9. The van der Waals surface area contributed by atoms with E-state index in [0.29, 0.717) is 34.0 Å². The predicted molar refractivity (Wildman–Crippen MR) is 132 cm³/mol. The van der Waals surface area contributed by atoms with Crippen LogP contribution >= 0.6 is 0 Å². The largest absolute Gasteiger partial charge is 0.497 e. The second-order valence-electron chi connectivity index (χ2n) is 7.61. The molecule has 2 N–H and O–H groups in total. The maximum Gasteiger partial charge on any atom is 0.343 e. The van der Waals surface area contributed by atoms with Crippen LogP contribution in [0.4, 0.5) is 11.4 Å². The van der Waals surface area contributed by atoms with Crippen molar-refractivity contribution < 1.29 is 32.2 Å². The SMILES string of the molecule is COC(=O)COc1ccc(NC(=O)c2cc(S(=O)(=O)Nc3ccc(OC)cc3)ccc2C)c(C)c1. The third kappa shape index (κ3) is 6.51. The molecule has 0 aliphatic carbocycles. The fourth-order valence-electron chi connectivity index (χ4n) is 3.14. The van der Waals surface area contributed by atoms with Gasteiger partial charge in [0.05, 0.1) is 19.1 Å². The number of sulfonamides is 1. The Labute approximate surface area is 204 Å². The first kappa shape index (κ1) is 25.6. The molecule has 0 saturated heterocycles. The van der Waals surface area contributed by atoms with E-state index >= 15 is 0 Å². The average molecular weight is 499 g/mol. The topological polar surface area (TPSA) is 120 Å². The molecule has 10 heteroatoms. The maximum absolute atomic E-state index is 13.0. The van der Waals surface area contributed by atoms with Crippen LogP contribution in [0.3, 0.4) is 0 Å². The lowest BCUT2D eigenvalue weighted by Crippen LogP contribution is -2.17. The van der Waals surface area contributed by atoms with Crippen molar-refractivity contribution in [1.82, 2.24) is 0 Å². The highest BCUT2D eigenvalue weighted by Gasteiger charge is 2.19. The molecular formula is C25H26N2O7S. The lowest BCUT2D eigenvalue weighted by Gasteiger charge is -2.14. The van der Waals surface area contributed by atoms with Crippen molar-refractivity contribution in [3.8, 4) is 11.5 Å². The summed E-state index contributed by atoms with van der Waals surface area (Å²) < 4.78 is 43.3. The zero-order valence-electron chi connectivity index (χ0n) is 19.7. The summed E-state index contributed by atoms with van der Waals surface area (Å²) >= 11 is 0. The summed E-state index contributed by atoms with van der Waals surface area (Å²) in [5.41, 5.74) is 2.41. The van der Waals surface area contributed by atoms with E-state index in [9.17, 15) is 18.0 Å². The van der Waals surface area contributed by atoms with Crippen molar-refractivity contribution >= 4 is 33.3 Å². The summed E-state index contributed by atoms with van der Waals surface area (Å²) in [7, 11) is -1.14. The minimum absolute atomic E-state index is 0.0488. The van der Waals surface area contributed by atoms with Gasteiger partial charge in [-0.1, -0.05) is 6.07 Å². The monoisotopic (exact) mass is 498 g/mol. The minimum Gasteiger partial charge on any atom is -0.497 e. The fraction of sp³-hybridized carbons (Fsp3) is 0.200. The van der Waals surface area contributed by atoms with Crippen molar-refractivity contribution in [3.05, 3.63) is 77.4 Å². The Morgan fingerprint density at radius 3 is 2.17 bits per heavy atom. The van der Waals surface area contributed by atoms with Crippen molar-refractivity contribution in [1.29, 1.82) is 0 Å². The zero-order valence-corrected chi connectivity index (χ0v) is 20.6. The van der Waals surface area contributed by atoms with Crippen LogP contribution in [0.2, 0.25) is 0 Å². The van der Waals surface area contributed by atoms with E-state index in [2.05, 4.69) is 14.8 Å². The summed E-state index contributed by atoms with van der Waals surface area (Å²) in [5.74, 6) is 0.0718. The number of hydrogen-bond donors (Lipinski definition) is 2. The standard InChI is InChI=1S/C25H26N2O7S/c1-16-5-11-21(35(30,31)27-18-6-8-19(32-3)9-7-18)14-22(16)25(29)26-23-12-10-20(13-17(23)2)34-15-24(28)33-4/h5-14,27H,15H2,1-4H3,(H,26,29). The summed E-state index contributed by atoms with van der Waals surface area (Å²) in [5, 5.41) is 2.80. The first-order valence-corrected chi connectivity index (χ1v) is 12.0. The molecule has 0 heterocycles. The second-order valence-corrected chi connectivity index (χ2v) is 9.29. The van der Waals surface area contributed by atoms with E-state index in [0.717, 1.165) is 0 Å². The molecule has 0 unspecified atom stereocenters. The number of methoxy groups -OCH3 is 2. The lowest BCUT2D eigenvalue weighted by atomic mass is 10.1. The summed E-state index contributed by atoms with van der Waals surface area (Å²) in [6.45, 7) is 3.26. The number of ether oxygens (including phenoxy) is 3. The molecule has 0 spiro atoms. The molecule has 0 radical (unpaired) electrons. The van der Waals surface area contributed by atoms with Crippen LogP contribution in [-0.2, 0) is 19.6 Å². The Morgan fingerprint density at radius 2 is 1.54 bits per heavy atom. The van der Waals surface area contributed by atoms with Crippen LogP contribution in [0.1, 0.15) is 21.5 Å². The van der Waals surface area contributed by atoms with Crippen molar-refractivity contribution in [2.75, 3.05) is 30.9 Å². The first-order chi connectivity index (χ1) is 16.6. The summed E-state index contributed by atoms with van der Waals surface area (Å²) in [6, 6.07) is 15.7. The molecule has 0 aliphatic heterocycles. The highest BCUT2D eigenvalue weighted by molar-refractivity contribution is 7.92. The number of benzene rings is 3. The van der Waals surface area contributed by atoms with Crippen LogP contribution in [0, 0.1) is 13.8 Å². The third-order valence-electron chi connectivity index (χ3n) is 5.14. The van der Waals surface area contributed by atoms with Gasteiger partial charge in [0.25, 0.3) is 15.9 Å². The highest BCUT2D eigenvalue weighted by atomic mass is 32.2. The minimum atomic E-state index is -3.93. The van der Waals surface area contributed by atoms with Crippen molar-refractivity contribution in [3.63, 3.8) is 0 Å². The molecular weight excluding hydrogens is 472 g/mol. The predicted octanol–water partition coefficient (Wildman–Crippen LogP) is 3.92. The zero-order chi connectivity index (χ0) is 25.6. The number of nitrogens with one attached hydrogen (secondary N) is 2. The molecule has 1 amide bonds. The number of carbonyl (C=O) groups excluding carboxylic acids is 2. The number of esters is 1. The first-order valence-electron chi connectivity index (χ1n) is 10.5. The molecule has 0 bridgehead atoms. The van der Waals surface area contributed by atoms with Gasteiger partial charge in [-0.25, -0.2) is 13.2 Å². The third-order valence-corrected chi connectivity index (χ3v) is 6.52. The molecule has 0 atom stereocenters. The van der Waals surface area contributed by atoms with Gasteiger partial charge in [-0.2, -0.15) is 0 Å². The Kier molecular flexibility index (Phi) is 7.98. The molecule has 0 aliphatic rings. The molecule has 35 heavy (non-hydrogen) atoms. The number of aryl methyl sites for hydroxylation is 2.